The van der Waals surface area contributed by atoms with Gasteiger partial charge >= 0.3 is 0 Å². The molecule has 0 unspecified atom stereocenters. The molecule has 3 rings (SSSR count). The molecule has 1 aromatic carbocycles. The van der Waals surface area contributed by atoms with Crippen molar-refractivity contribution in [2.75, 3.05) is 68.1 Å². The van der Waals surface area contributed by atoms with E-state index in [2.05, 4.69) is 42.2 Å². The second kappa shape index (κ2) is 10.7. The lowest BCUT2D eigenvalue weighted by molar-refractivity contribution is 0.251. The molecule has 5 N–H and O–H groups in total. The van der Waals surface area contributed by atoms with Gasteiger partial charge in [-0.05, 0) is 31.5 Å². The topological polar surface area (TPSA) is 118 Å². The van der Waals surface area contributed by atoms with E-state index < -0.39 is 0 Å². The number of nitrogens with two attached hydrogens (primary N) is 2. The molecule has 0 aliphatic carbocycles. The number of nitrogens with zero attached hydrogens (tertiary/aromatic N) is 5. The minimum absolute atomic E-state index is 0.144. The quantitative estimate of drug-likeness (QED) is 0.513. The van der Waals surface area contributed by atoms with Crippen LogP contribution >= 0.6 is 0 Å². The van der Waals surface area contributed by atoms with Crippen LogP contribution in [0.25, 0.3) is 0 Å². The molecule has 1 aliphatic heterocycles. The first kappa shape index (κ1) is 20.9. The minimum Gasteiger partial charge on any atom is -0.495 e. The van der Waals surface area contributed by atoms with E-state index in [-0.39, 0.29) is 11.9 Å². The third-order valence-corrected chi connectivity index (χ3v) is 5.15. The number of rotatable bonds is 10. The molecular weight excluding hydrogens is 368 g/mol. The molecule has 29 heavy (non-hydrogen) atoms. The van der Waals surface area contributed by atoms with Gasteiger partial charge in [-0.15, -0.1) is 0 Å². The van der Waals surface area contributed by atoms with Crippen LogP contribution < -0.4 is 26.4 Å². The monoisotopic (exact) mass is 400 g/mol. The van der Waals surface area contributed by atoms with Crippen molar-refractivity contribution in [2.24, 2.45) is 0 Å². The number of anilines is 4. The predicted molar refractivity (Wildman–Crippen MR) is 117 cm³/mol. The molecular formula is C20H32N8O. The van der Waals surface area contributed by atoms with Crippen molar-refractivity contribution in [3.63, 3.8) is 0 Å². The zero-order valence-corrected chi connectivity index (χ0v) is 17.2. The van der Waals surface area contributed by atoms with Gasteiger partial charge in [-0.1, -0.05) is 25.0 Å². The highest BCUT2D eigenvalue weighted by Crippen LogP contribution is 2.28. The van der Waals surface area contributed by atoms with Gasteiger partial charge in [0.1, 0.15) is 5.75 Å². The molecule has 0 spiro atoms. The van der Waals surface area contributed by atoms with E-state index in [9.17, 15) is 0 Å². The number of hydrogen-bond donors (Lipinski definition) is 3. The van der Waals surface area contributed by atoms with E-state index in [0.717, 1.165) is 51.4 Å². The molecule has 0 amide bonds. The number of piperazine rings is 1. The first-order valence-electron chi connectivity index (χ1n) is 10.3. The van der Waals surface area contributed by atoms with E-state index in [1.165, 1.54) is 24.9 Å². The molecule has 158 valence electrons. The van der Waals surface area contributed by atoms with Crippen molar-refractivity contribution in [3.05, 3.63) is 24.3 Å². The fraction of sp³-hybridized carbons (Fsp3) is 0.550. The van der Waals surface area contributed by atoms with Crippen LogP contribution in [0.1, 0.15) is 25.7 Å². The summed E-state index contributed by atoms with van der Waals surface area (Å²) in [5, 5.41) is 3.15. The summed E-state index contributed by atoms with van der Waals surface area (Å²) in [4.78, 5) is 16.8. The highest BCUT2D eigenvalue weighted by molar-refractivity contribution is 5.58. The number of aromatic nitrogens is 3. The summed E-state index contributed by atoms with van der Waals surface area (Å²) >= 11 is 0. The van der Waals surface area contributed by atoms with Crippen molar-refractivity contribution >= 4 is 23.5 Å². The lowest BCUT2D eigenvalue weighted by Crippen LogP contribution is -2.46. The maximum absolute atomic E-state index is 5.56. The van der Waals surface area contributed by atoms with Gasteiger partial charge in [0, 0.05) is 32.7 Å². The van der Waals surface area contributed by atoms with Crippen molar-refractivity contribution < 1.29 is 4.74 Å². The van der Waals surface area contributed by atoms with Gasteiger partial charge < -0.3 is 26.4 Å². The fourth-order valence-electron chi connectivity index (χ4n) is 3.61. The molecule has 0 saturated carbocycles. The number of ether oxygens (including phenoxy) is 1. The van der Waals surface area contributed by atoms with Crippen LogP contribution in [0.4, 0.5) is 23.5 Å². The Labute approximate surface area is 172 Å². The van der Waals surface area contributed by atoms with Crippen molar-refractivity contribution in [1.82, 2.24) is 19.9 Å². The van der Waals surface area contributed by atoms with Crippen molar-refractivity contribution in [3.8, 4) is 5.75 Å². The lowest BCUT2D eigenvalue weighted by atomic mass is 10.1. The average Bonchev–Trinajstić information content (AvgIpc) is 2.73. The number of para-hydroxylation sites is 2. The molecule has 1 aliphatic rings. The van der Waals surface area contributed by atoms with Crippen LogP contribution in [0.3, 0.4) is 0 Å². The molecule has 1 saturated heterocycles. The first-order chi connectivity index (χ1) is 14.2. The largest absolute Gasteiger partial charge is 0.495 e. The Hall–Kier alpha value is -2.81. The van der Waals surface area contributed by atoms with Gasteiger partial charge in [0.2, 0.25) is 17.8 Å². The highest BCUT2D eigenvalue weighted by Gasteiger charge is 2.18. The van der Waals surface area contributed by atoms with Gasteiger partial charge in [-0.25, -0.2) is 0 Å². The van der Waals surface area contributed by atoms with Crippen LogP contribution in [-0.2, 0) is 0 Å². The molecule has 1 fully saturated rings. The second-order valence-electron chi connectivity index (χ2n) is 7.22. The number of benzene rings is 1. The Morgan fingerprint density at radius 3 is 2.34 bits per heavy atom. The summed E-state index contributed by atoms with van der Waals surface area (Å²) in [7, 11) is 1.74. The lowest BCUT2D eigenvalue weighted by Gasteiger charge is -2.36. The standard InChI is InChI=1S/C20H32N8O/c1-29-17-9-5-4-8-16(17)28-14-12-27(13-15-28)11-7-3-2-6-10-23-20-25-18(21)24-19(22)26-20/h4-5,8-9H,2-3,6-7,10-15H2,1H3,(H5,21,22,23,24,25,26). The third kappa shape index (κ3) is 6.35. The van der Waals surface area contributed by atoms with Gasteiger partial charge in [-0.2, -0.15) is 15.0 Å². The second-order valence-corrected chi connectivity index (χ2v) is 7.22. The van der Waals surface area contributed by atoms with E-state index >= 15 is 0 Å². The zero-order valence-electron chi connectivity index (χ0n) is 17.2. The Kier molecular flexibility index (Phi) is 7.69. The molecule has 2 heterocycles. The number of nitrogen functional groups attached to an aromatic ring is 2. The van der Waals surface area contributed by atoms with Gasteiger partial charge in [0.05, 0.1) is 12.8 Å². The third-order valence-electron chi connectivity index (χ3n) is 5.15. The van der Waals surface area contributed by atoms with Crippen LogP contribution in [0.15, 0.2) is 24.3 Å². The minimum atomic E-state index is 0.144. The average molecular weight is 401 g/mol. The fourth-order valence-corrected chi connectivity index (χ4v) is 3.61. The SMILES string of the molecule is COc1ccccc1N1CCN(CCCCCCNc2nc(N)nc(N)n2)CC1. The van der Waals surface area contributed by atoms with E-state index in [0.29, 0.717) is 5.95 Å². The van der Waals surface area contributed by atoms with Gasteiger partial charge in [0.15, 0.2) is 0 Å². The molecule has 0 radical (unpaired) electrons. The van der Waals surface area contributed by atoms with Crippen molar-refractivity contribution in [2.45, 2.75) is 25.7 Å². The summed E-state index contributed by atoms with van der Waals surface area (Å²) in [5.74, 6) is 1.69. The smallest absolute Gasteiger partial charge is 0.229 e. The van der Waals surface area contributed by atoms with E-state index in [4.69, 9.17) is 16.2 Å². The van der Waals surface area contributed by atoms with Crippen LogP contribution in [0.2, 0.25) is 0 Å². The summed E-state index contributed by atoms with van der Waals surface area (Å²) in [6.45, 7) is 6.25. The van der Waals surface area contributed by atoms with Crippen LogP contribution in [-0.4, -0.2) is 66.2 Å². The predicted octanol–water partition coefficient (Wildman–Crippen LogP) is 1.84. The molecule has 9 heteroatoms. The van der Waals surface area contributed by atoms with E-state index in [1.54, 1.807) is 7.11 Å². The van der Waals surface area contributed by atoms with Crippen LogP contribution in [0, 0.1) is 0 Å². The maximum atomic E-state index is 5.56. The molecule has 9 nitrogen and oxygen atoms in total. The maximum Gasteiger partial charge on any atom is 0.229 e. The van der Waals surface area contributed by atoms with Gasteiger partial charge in [0.25, 0.3) is 0 Å². The molecule has 1 aromatic heterocycles. The van der Waals surface area contributed by atoms with Crippen LogP contribution in [0.5, 0.6) is 5.75 Å². The summed E-state index contributed by atoms with van der Waals surface area (Å²) < 4.78 is 5.49. The highest BCUT2D eigenvalue weighted by atomic mass is 16.5. The Balaban J connectivity index is 1.26. The van der Waals surface area contributed by atoms with Gasteiger partial charge in [-0.3, -0.25) is 4.90 Å². The summed E-state index contributed by atoms with van der Waals surface area (Å²) in [5.41, 5.74) is 12.3. The number of unbranched alkanes of at least 4 members (excludes halogenated alkanes) is 3. The molecule has 2 aromatic rings. The Bertz CT molecular complexity index is 744. The molecule has 0 atom stereocenters. The summed E-state index contributed by atoms with van der Waals surface area (Å²) in [6.07, 6.45) is 4.67. The van der Waals surface area contributed by atoms with Crippen molar-refractivity contribution in [1.29, 1.82) is 0 Å². The number of hydrogen-bond acceptors (Lipinski definition) is 9. The Morgan fingerprint density at radius 2 is 1.62 bits per heavy atom. The Morgan fingerprint density at radius 1 is 0.931 bits per heavy atom. The first-order valence-corrected chi connectivity index (χ1v) is 10.3. The van der Waals surface area contributed by atoms with E-state index in [1.807, 2.05) is 12.1 Å². The summed E-state index contributed by atoms with van der Waals surface area (Å²) in [6, 6.07) is 8.26. The molecule has 0 bridgehead atoms. The number of methoxy groups -OCH3 is 1. The normalized spacial score (nSPS) is 14.7. The zero-order chi connectivity index (χ0) is 20.5. The number of nitrogens with one attached hydrogen (secondary N) is 1.